The molecule has 26 heavy (non-hydrogen) atoms. The summed E-state index contributed by atoms with van der Waals surface area (Å²) in [5, 5.41) is 4.08. The van der Waals surface area contributed by atoms with Crippen LogP contribution in [0.15, 0.2) is 41.0 Å². The topological polar surface area (TPSA) is 69.9 Å². The van der Waals surface area contributed by atoms with E-state index in [1.54, 1.807) is 31.6 Å². The minimum absolute atomic E-state index is 0.157. The van der Waals surface area contributed by atoms with E-state index < -0.39 is 0 Å². The minimum atomic E-state index is -0.206. The maximum atomic E-state index is 12.5. The molecule has 134 valence electrons. The van der Waals surface area contributed by atoms with Gasteiger partial charge in [0.05, 0.1) is 30.5 Å². The van der Waals surface area contributed by atoms with Crippen LogP contribution in [0.3, 0.4) is 0 Å². The number of rotatable bonds is 4. The van der Waals surface area contributed by atoms with Crippen LogP contribution >= 0.6 is 11.6 Å². The zero-order valence-corrected chi connectivity index (χ0v) is 14.8. The van der Waals surface area contributed by atoms with E-state index in [9.17, 15) is 4.79 Å². The van der Waals surface area contributed by atoms with Gasteiger partial charge in [-0.2, -0.15) is 0 Å². The van der Waals surface area contributed by atoms with Crippen molar-refractivity contribution in [3.63, 3.8) is 0 Å². The van der Waals surface area contributed by atoms with Crippen molar-refractivity contribution in [3.05, 3.63) is 47.2 Å². The molecule has 0 bridgehead atoms. The van der Waals surface area contributed by atoms with Crippen LogP contribution in [-0.2, 0) is 11.2 Å². The maximum absolute atomic E-state index is 12.5. The fourth-order valence-electron chi connectivity index (χ4n) is 2.85. The molecule has 2 heterocycles. The molecule has 2 aromatic carbocycles. The molecule has 3 aromatic rings. The number of hydrogen-bond acceptors (Lipinski definition) is 5. The first-order chi connectivity index (χ1) is 12.6. The van der Waals surface area contributed by atoms with Gasteiger partial charge in [-0.25, -0.2) is 0 Å². The van der Waals surface area contributed by atoms with Crippen LogP contribution in [-0.4, -0.2) is 26.2 Å². The highest BCUT2D eigenvalue weighted by molar-refractivity contribution is 6.34. The van der Waals surface area contributed by atoms with Gasteiger partial charge in [0.25, 0.3) is 0 Å². The highest BCUT2D eigenvalue weighted by Crippen LogP contribution is 2.38. The second kappa shape index (κ2) is 6.80. The highest BCUT2D eigenvalue weighted by Gasteiger charge is 2.17. The van der Waals surface area contributed by atoms with Gasteiger partial charge in [-0.05, 0) is 12.1 Å². The van der Waals surface area contributed by atoms with Crippen molar-refractivity contribution in [1.29, 1.82) is 0 Å². The van der Waals surface area contributed by atoms with Crippen LogP contribution in [0, 0.1) is 0 Å². The number of ether oxygens (including phenoxy) is 3. The molecule has 1 aromatic heterocycles. The summed E-state index contributed by atoms with van der Waals surface area (Å²) in [7, 11) is 1.59. The van der Waals surface area contributed by atoms with Gasteiger partial charge in [-0.3, -0.25) is 4.79 Å². The van der Waals surface area contributed by atoms with E-state index in [4.69, 9.17) is 30.2 Å². The molecule has 4 rings (SSSR count). The summed E-state index contributed by atoms with van der Waals surface area (Å²) in [6, 6.07) is 8.81. The lowest BCUT2D eigenvalue weighted by molar-refractivity contribution is -0.115. The number of nitrogens with one attached hydrogen (secondary N) is 1. The van der Waals surface area contributed by atoms with E-state index in [-0.39, 0.29) is 12.3 Å². The molecule has 0 spiro atoms. The third-order valence-electron chi connectivity index (χ3n) is 4.12. The third-order valence-corrected chi connectivity index (χ3v) is 4.43. The SMILES string of the molecule is COc1ccc2c(CC(=O)Nc3cc4c(cc3Cl)OCCO4)coc2c1. The van der Waals surface area contributed by atoms with E-state index in [0.29, 0.717) is 46.8 Å². The van der Waals surface area contributed by atoms with E-state index in [1.165, 1.54) is 0 Å². The molecule has 0 saturated carbocycles. The highest BCUT2D eigenvalue weighted by atomic mass is 35.5. The van der Waals surface area contributed by atoms with Crippen LogP contribution in [0.25, 0.3) is 11.0 Å². The molecule has 0 radical (unpaired) electrons. The average molecular weight is 374 g/mol. The van der Waals surface area contributed by atoms with Gasteiger partial charge in [-0.1, -0.05) is 11.6 Å². The van der Waals surface area contributed by atoms with Gasteiger partial charge in [-0.15, -0.1) is 0 Å². The first-order valence-electron chi connectivity index (χ1n) is 8.07. The van der Waals surface area contributed by atoms with Crippen LogP contribution in [0.1, 0.15) is 5.56 Å². The summed E-state index contributed by atoms with van der Waals surface area (Å²) in [5.41, 5.74) is 1.94. The number of methoxy groups -OCH3 is 1. The largest absolute Gasteiger partial charge is 0.497 e. The molecular weight excluding hydrogens is 358 g/mol. The van der Waals surface area contributed by atoms with Crippen molar-refractivity contribution in [3.8, 4) is 17.2 Å². The molecule has 0 unspecified atom stereocenters. The van der Waals surface area contributed by atoms with Gasteiger partial charge < -0.3 is 23.9 Å². The Hall–Kier alpha value is -2.86. The summed E-state index contributed by atoms with van der Waals surface area (Å²) in [6.07, 6.45) is 1.74. The lowest BCUT2D eigenvalue weighted by Crippen LogP contribution is -2.17. The number of furan rings is 1. The van der Waals surface area contributed by atoms with E-state index >= 15 is 0 Å². The Morgan fingerprint density at radius 1 is 1.19 bits per heavy atom. The Morgan fingerprint density at radius 3 is 2.73 bits per heavy atom. The van der Waals surface area contributed by atoms with Gasteiger partial charge in [0.2, 0.25) is 5.91 Å². The quantitative estimate of drug-likeness (QED) is 0.747. The standard InChI is InChI=1S/C19H16ClNO5/c1-23-12-2-3-13-11(10-26-16(13)7-12)6-19(22)21-15-9-18-17(8-14(15)20)24-4-5-25-18/h2-3,7-10H,4-6H2,1H3,(H,21,22). The summed E-state index contributed by atoms with van der Waals surface area (Å²) in [5.74, 6) is 1.64. The van der Waals surface area contributed by atoms with Crippen LogP contribution in [0.4, 0.5) is 5.69 Å². The monoisotopic (exact) mass is 373 g/mol. The molecule has 0 fully saturated rings. The Kier molecular flexibility index (Phi) is 4.34. The predicted molar refractivity (Wildman–Crippen MR) is 97.5 cm³/mol. The Labute approximate surface area is 154 Å². The van der Waals surface area contributed by atoms with Gasteiger partial charge in [0.1, 0.15) is 24.5 Å². The van der Waals surface area contributed by atoms with Crippen molar-refractivity contribution in [2.24, 2.45) is 0 Å². The average Bonchev–Trinajstić information content (AvgIpc) is 3.04. The first kappa shape index (κ1) is 16.6. The molecule has 1 aliphatic rings. The van der Waals surface area contributed by atoms with E-state index in [0.717, 1.165) is 10.9 Å². The molecule has 1 amide bonds. The van der Waals surface area contributed by atoms with E-state index in [2.05, 4.69) is 5.32 Å². The normalized spacial score (nSPS) is 12.8. The molecule has 0 atom stereocenters. The van der Waals surface area contributed by atoms with E-state index in [1.807, 2.05) is 12.1 Å². The molecule has 1 aliphatic heterocycles. The zero-order valence-electron chi connectivity index (χ0n) is 14.0. The van der Waals surface area contributed by atoms with Crippen molar-refractivity contribution in [2.75, 3.05) is 25.6 Å². The molecule has 7 heteroatoms. The second-order valence-corrected chi connectivity index (χ2v) is 6.23. The van der Waals surface area contributed by atoms with Crippen molar-refractivity contribution < 1.29 is 23.4 Å². The lowest BCUT2D eigenvalue weighted by atomic mass is 10.1. The van der Waals surface area contributed by atoms with Crippen LogP contribution in [0.2, 0.25) is 5.02 Å². The van der Waals surface area contributed by atoms with Gasteiger partial charge in [0.15, 0.2) is 11.5 Å². The number of halogens is 1. The van der Waals surface area contributed by atoms with Crippen molar-refractivity contribution in [1.82, 2.24) is 0 Å². The smallest absolute Gasteiger partial charge is 0.228 e. The number of benzene rings is 2. The second-order valence-electron chi connectivity index (χ2n) is 5.82. The molecule has 0 saturated heterocycles. The van der Waals surface area contributed by atoms with Crippen molar-refractivity contribution in [2.45, 2.75) is 6.42 Å². The fourth-order valence-corrected chi connectivity index (χ4v) is 3.06. The number of carbonyl (C=O) groups is 1. The summed E-state index contributed by atoms with van der Waals surface area (Å²) in [4.78, 5) is 12.5. The lowest BCUT2D eigenvalue weighted by Gasteiger charge is -2.20. The molecule has 6 nitrogen and oxygen atoms in total. The fraction of sp³-hybridized carbons (Fsp3) is 0.211. The van der Waals surface area contributed by atoms with Crippen LogP contribution in [0.5, 0.6) is 17.2 Å². The Balaban J connectivity index is 1.52. The van der Waals surface area contributed by atoms with Gasteiger partial charge >= 0.3 is 0 Å². The number of hydrogen-bond donors (Lipinski definition) is 1. The third kappa shape index (κ3) is 3.15. The van der Waals surface area contributed by atoms with Gasteiger partial charge in [0, 0.05) is 29.1 Å². The van der Waals surface area contributed by atoms with Crippen molar-refractivity contribution >= 4 is 34.2 Å². The Morgan fingerprint density at radius 2 is 1.96 bits per heavy atom. The summed E-state index contributed by atoms with van der Waals surface area (Å²) in [6.45, 7) is 0.944. The Bertz CT molecular complexity index is 981. The maximum Gasteiger partial charge on any atom is 0.228 e. The summed E-state index contributed by atoms with van der Waals surface area (Å²) >= 11 is 6.23. The number of amides is 1. The van der Waals surface area contributed by atoms with Crippen LogP contribution < -0.4 is 19.5 Å². The predicted octanol–water partition coefficient (Wildman–Crippen LogP) is 4.05. The molecule has 1 N–H and O–H groups in total. The zero-order chi connectivity index (χ0) is 18.1. The molecular formula is C19H16ClNO5. The number of anilines is 1. The number of fused-ring (bicyclic) bond motifs is 2. The minimum Gasteiger partial charge on any atom is -0.497 e. The summed E-state index contributed by atoms with van der Waals surface area (Å²) < 4.78 is 21.7. The molecule has 0 aliphatic carbocycles. The number of carbonyl (C=O) groups excluding carboxylic acids is 1. The first-order valence-corrected chi connectivity index (χ1v) is 8.45.